The van der Waals surface area contributed by atoms with E-state index < -0.39 is 0 Å². The largest absolute Gasteiger partial charge is 0.508 e. The van der Waals surface area contributed by atoms with E-state index in [1.165, 1.54) is 0 Å². The topological polar surface area (TPSA) is 29.5 Å². The van der Waals surface area contributed by atoms with E-state index in [1.807, 2.05) is 54.6 Å². The molecule has 23 heavy (non-hydrogen) atoms. The molecule has 3 heteroatoms. The van der Waals surface area contributed by atoms with E-state index in [-0.39, 0.29) is 11.7 Å². The number of rotatable bonds is 4. The second-order valence-electron chi connectivity index (χ2n) is 5.32. The van der Waals surface area contributed by atoms with Crippen LogP contribution >= 0.6 is 11.6 Å². The average Bonchev–Trinajstić information content (AvgIpc) is 2.59. The van der Waals surface area contributed by atoms with Crippen LogP contribution in [0.15, 0.2) is 72.8 Å². The van der Waals surface area contributed by atoms with Crippen LogP contribution in [0.3, 0.4) is 0 Å². The van der Waals surface area contributed by atoms with Crippen molar-refractivity contribution < 1.29 is 9.84 Å². The van der Waals surface area contributed by atoms with Gasteiger partial charge in [0.25, 0.3) is 0 Å². The third-order valence-electron chi connectivity index (χ3n) is 3.88. The summed E-state index contributed by atoms with van der Waals surface area (Å²) in [6.45, 7) is 0. The lowest BCUT2D eigenvalue weighted by atomic mass is 9.84. The molecule has 0 amide bonds. The summed E-state index contributed by atoms with van der Waals surface area (Å²) < 4.78 is 5.54. The Morgan fingerprint density at radius 2 is 1.39 bits per heavy atom. The van der Waals surface area contributed by atoms with Crippen LogP contribution in [0.2, 0.25) is 5.02 Å². The summed E-state index contributed by atoms with van der Waals surface area (Å²) in [7, 11) is 1.68. The Bertz CT molecular complexity index is 734. The highest BCUT2D eigenvalue weighted by molar-refractivity contribution is 6.30. The molecule has 116 valence electrons. The molecule has 1 atom stereocenters. The number of benzene rings is 3. The molecule has 0 heterocycles. The summed E-state index contributed by atoms with van der Waals surface area (Å²) in [5.41, 5.74) is 3.27. The predicted octanol–water partition coefficient (Wildman–Crippen LogP) is 5.23. The zero-order valence-electron chi connectivity index (χ0n) is 12.7. The molecule has 0 spiro atoms. The second kappa shape index (κ2) is 6.76. The first-order chi connectivity index (χ1) is 11.2. The first-order valence-corrected chi connectivity index (χ1v) is 7.74. The molecule has 0 saturated heterocycles. The lowest BCUT2D eigenvalue weighted by Crippen LogP contribution is -2.05. The molecule has 0 aromatic heterocycles. The quantitative estimate of drug-likeness (QED) is 0.665. The van der Waals surface area contributed by atoms with Crippen LogP contribution < -0.4 is 4.74 Å². The van der Waals surface area contributed by atoms with Crippen LogP contribution in [0.1, 0.15) is 22.6 Å². The van der Waals surface area contributed by atoms with Gasteiger partial charge >= 0.3 is 0 Å². The van der Waals surface area contributed by atoms with Gasteiger partial charge in [-0.25, -0.2) is 0 Å². The van der Waals surface area contributed by atoms with Gasteiger partial charge in [-0.05, 0) is 41.5 Å². The number of phenols is 1. The molecule has 0 fully saturated rings. The molecule has 3 aromatic carbocycles. The number of hydrogen-bond donors (Lipinski definition) is 1. The number of para-hydroxylation sites is 1. The van der Waals surface area contributed by atoms with Crippen molar-refractivity contribution in [1.82, 2.24) is 0 Å². The van der Waals surface area contributed by atoms with Gasteiger partial charge in [-0.2, -0.15) is 0 Å². The monoisotopic (exact) mass is 324 g/mol. The maximum Gasteiger partial charge on any atom is 0.123 e. The van der Waals surface area contributed by atoms with E-state index in [2.05, 4.69) is 6.07 Å². The summed E-state index contributed by atoms with van der Waals surface area (Å²) in [5.74, 6) is 1.09. The standard InChI is InChI=1S/C20H17ClO2/c1-23-19-5-3-2-4-18(19)20(14-6-10-16(21)11-7-14)15-8-12-17(22)13-9-15/h2-13,20,22H,1H3. The van der Waals surface area contributed by atoms with Crippen molar-refractivity contribution >= 4 is 11.6 Å². The van der Waals surface area contributed by atoms with Gasteiger partial charge in [-0.3, -0.25) is 0 Å². The highest BCUT2D eigenvalue weighted by Crippen LogP contribution is 2.37. The number of aromatic hydroxyl groups is 1. The highest BCUT2D eigenvalue weighted by atomic mass is 35.5. The Kier molecular flexibility index (Phi) is 4.54. The maximum absolute atomic E-state index is 9.57. The van der Waals surface area contributed by atoms with Gasteiger partial charge in [0.2, 0.25) is 0 Å². The van der Waals surface area contributed by atoms with Crippen molar-refractivity contribution in [2.24, 2.45) is 0 Å². The molecule has 3 rings (SSSR count). The van der Waals surface area contributed by atoms with Crippen LogP contribution in [-0.2, 0) is 0 Å². The highest BCUT2D eigenvalue weighted by Gasteiger charge is 2.20. The number of halogens is 1. The molecule has 2 nitrogen and oxygen atoms in total. The zero-order valence-corrected chi connectivity index (χ0v) is 13.5. The molecule has 1 unspecified atom stereocenters. The minimum absolute atomic E-state index is 0.00372. The van der Waals surface area contributed by atoms with Gasteiger partial charge in [0, 0.05) is 16.5 Å². The maximum atomic E-state index is 9.57. The smallest absolute Gasteiger partial charge is 0.123 e. The van der Waals surface area contributed by atoms with Gasteiger partial charge in [0.05, 0.1) is 7.11 Å². The summed E-state index contributed by atoms with van der Waals surface area (Å²) >= 11 is 6.03. The third kappa shape index (κ3) is 3.33. The average molecular weight is 325 g/mol. The van der Waals surface area contributed by atoms with Crippen molar-refractivity contribution in [2.75, 3.05) is 7.11 Å². The molecular weight excluding hydrogens is 308 g/mol. The SMILES string of the molecule is COc1ccccc1C(c1ccc(O)cc1)c1ccc(Cl)cc1. The third-order valence-corrected chi connectivity index (χ3v) is 4.13. The van der Waals surface area contributed by atoms with E-state index in [0.29, 0.717) is 5.02 Å². The van der Waals surface area contributed by atoms with Crippen LogP contribution in [0, 0.1) is 0 Å². The van der Waals surface area contributed by atoms with Crippen molar-refractivity contribution in [3.63, 3.8) is 0 Å². The fraction of sp³-hybridized carbons (Fsp3) is 0.100. The van der Waals surface area contributed by atoms with Crippen molar-refractivity contribution in [1.29, 1.82) is 0 Å². The van der Waals surface area contributed by atoms with Crippen LogP contribution in [-0.4, -0.2) is 12.2 Å². The molecule has 3 aromatic rings. The van der Waals surface area contributed by atoms with Crippen LogP contribution in [0.25, 0.3) is 0 Å². The van der Waals surface area contributed by atoms with Crippen molar-refractivity contribution in [2.45, 2.75) is 5.92 Å². The van der Waals surface area contributed by atoms with Crippen LogP contribution in [0.5, 0.6) is 11.5 Å². The Labute approximate surface area is 140 Å². The molecule has 0 aliphatic heterocycles. The van der Waals surface area contributed by atoms with E-state index in [9.17, 15) is 5.11 Å². The lowest BCUT2D eigenvalue weighted by Gasteiger charge is -2.21. The molecule has 0 aliphatic rings. The predicted molar refractivity (Wildman–Crippen MR) is 93.5 cm³/mol. The van der Waals surface area contributed by atoms with Gasteiger partial charge in [0.15, 0.2) is 0 Å². The molecule has 1 N–H and O–H groups in total. The number of hydrogen-bond acceptors (Lipinski definition) is 2. The van der Waals surface area contributed by atoms with Gasteiger partial charge < -0.3 is 9.84 Å². The summed E-state index contributed by atoms with van der Waals surface area (Å²) in [4.78, 5) is 0. The van der Waals surface area contributed by atoms with Gasteiger partial charge in [0.1, 0.15) is 11.5 Å². The van der Waals surface area contributed by atoms with E-state index in [4.69, 9.17) is 16.3 Å². The van der Waals surface area contributed by atoms with E-state index >= 15 is 0 Å². The summed E-state index contributed by atoms with van der Waals surface area (Å²) in [6, 6.07) is 23.1. The Morgan fingerprint density at radius 3 is 2.00 bits per heavy atom. The molecule has 0 radical (unpaired) electrons. The van der Waals surface area contributed by atoms with E-state index in [1.54, 1.807) is 19.2 Å². The Hall–Kier alpha value is -2.45. The fourth-order valence-corrected chi connectivity index (χ4v) is 2.90. The summed E-state index contributed by atoms with van der Waals surface area (Å²) in [5, 5.41) is 10.3. The number of methoxy groups -OCH3 is 1. The second-order valence-corrected chi connectivity index (χ2v) is 5.75. The Morgan fingerprint density at radius 1 is 0.826 bits per heavy atom. The molecule has 0 aliphatic carbocycles. The summed E-state index contributed by atoms with van der Waals surface area (Å²) in [6.07, 6.45) is 0. The Balaban J connectivity index is 2.17. The lowest BCUT2D eigenvalue weighted by molar-refractivity contribution is 0.409. The molecule has 0 saturated carbocycles. The van der Waals surface area contributed by atoms with Crippen molar-refractivity contribution in [3.05, 3.63) is 94.5 Å². The first kappa shape index (κ1) is 15.4. The zero-order chi connectivity index (χ0) is 16.2. The first-order valence-electron chi connectivity index (χ1n) is 7.36. The normalized spacial score (nSPS) is 11.9. The van der Waals surface area contributed by atoms with Gasteiger partial charge in [-0.15, -0.1) is 0 Å². The van der Waals surface area contributed by atoms with Crippen molar-refractivity contribution in [3.8, 4) is 11.5 Å². The van der Waals surface area contributed by atoms with E-state index in [0.717, 1.165) is 22.4 Å². The fourth-order valence-electron chi connectivity index (χ4n) is 2.78. The number of phenolic OH excluding ortho intramolecular Hbond substituents is 1. The minimum Gasteiger partial charge on any atom is -0.508 e. The number of ether oxygens (including phenoxy) is 1. The van der Waals surface area contributed by atoms with Gasteiger partial charge in [-0.1, -0.05) is 54.1 Å². The minimum atomic E-state index is 0.00372. The van der Waals surface area contributed by atoms with Crippen LogP contribution in [0.4, 0.5) is 0 Å². The molecular formula is C20H17ClO2. The molecule has 0 bridgehead atoms.